The minimum atomic E-state index is 0.904. The Hall–Kier alpha value is -8.18. The van der Waals surface area contributed by atoms with E-state index in [-0.39, 0.29) is 0 Å². The van der Waals surface area contributed by atoms with Gasteiger partial charge in [0.05, 0.1) is 11.0 Å². The van der Waals surface area contributed by atoms with Crippen molar-refractivity contribution in [1.82, 2.24) is 4.57 Å². The van der Waals surface area contributed by atoms with Crippen molar-refractivity contribution >= 4 is 92.3 Å². The van der Waals surface area contributed by atoms with E-state index in [1.165, 1.54) is 64.2 Å². The van der Waals surface area contributed by atoms with Crippen LogP contribution in [0.2, 0.25) is 0 Å². The summed E-state index contributed by atoms with van der Waals surface area (Å²) in [4.78, 5) is 2.37. The predicted octanol–water partition coefficient (Wildman–Crippen LogP) is 17.5. The highest BCUT2D eigenvalue weighted by Crippen LogP contribution is 2.42. The zero-order chi connectivity index (χ0) is 42.1. The third-order valence-electron chi connectivity index (χ3n) is 12.8. The van der Waals surface area contributed by atoms with Crippen LogP contribution in [0.3, 0.4) is 0 Å². The highest BCUT2D eigenvalue weighted by atomic mass is 32.1. The molecule has 3 heterocycles. The summed E-state index contributed by atoms with van der Waals surface area (Å²) in [6.07, 6.45) is 0. The molecule has 0 radical (unpaired) electrons. The number of nitrogens with zero attached hydrogens (tertiary/aromatic N) is 2. The van der Waals surface area contributed by atoms with Crippen LogP contribution in [0.25, 0.3) is 103 Å². The maximum absolute atomic E-state index is 6.46. The smallest absolute Gasteiger partial charge is 0.143 e. The van der Waals surface area contributed by atoms with E-state index in [0.29, 0.717) is 0 Å². The highest BCUT2D eigenvalue weighted by Gasteiger charge is 2.18. The zero-order valence-corrected chi connectivity index (χ0v) is 35.5. The summed E-state index contributed by atoms with van der Waals surface area (Å²) in [5.74, 6) is 0. The third kappa shape index (κ3) is 5.95. The van der Waals surface area contributed by atoms with E-state index in [1.807, 2.05) is 23.5 Å². The number of furan rings is 1. The Morgan fingerprint density at radius 2 is 0.938 bits per heavy atom. The molecule has 3 nitrogen and oxygen atoms in total. The van der Waals surface area contributed by atoms with E-state index in [4.69, 9.17) is 4.42 Å². The lowest BCUT2D eigenvalue weighted by Gasteiger charge is -2.26. The molecule has 300 valence electrons. The minimum absolute atomic E-state index is 0.904. The number of aromatic nitrogens is 1. The molecule has 0 N–H and O–H groups in total. The Kier molecular flexibility index (Phi) is 8.40. The van der Waals surface area contributed by atoms with Crippen LogP contribution in [0, 0.1) is 0 Å². The van der Waals surface area contributed by atoms with Crippen LogP contribution in [-0.4, -0.2) is 4.57 Å². The molecule has 64 heavy (non-hydrogen) atoms. The fourth-order valence-electron chi connectivity index (χ4n) is 9.75. The second-order valence-corrected chi connectivity index (χ2v) is 17.6. The number of anilines is 3. The molecule has 0 saturated carbocycles. The van der Waals surface area contributed by atoms with Gasteiger partial charge in [0.15, 0.2) is 0 Å². The molecule has 0 aliphatic heterocycles. The molecular weight excluding hydrogens is 797 g/mol. The van der Waals surface area contributed by atoms with Crippen LogP contribution in [0.1, 0.15) is 0 Å². The molecule has 13 rings (SSSR count). The van der Waals surface area contributed by atoms with Crippen LogP contribution in [-0.2, 0) is 0 Å². The number of hydrogen-bond donors (Lipinski definition) is 0. The molecule has 0 unspecified atom stereocenters. The Morgan fingerprint density at radius 3 is 1.78 bits per heavy atom. The molecule has 10 aromatic carbocycles. The molecule has 0 spiro atoms. The number of fused-ring (bicyclic) bond motifs is 9. The van der Waals surface area contributed by atoms with Gasteiger partial charge in [-0.25, -0.2) is 0 Å². The molecule has 0 saturated heterocycles. The van der Waals surface area contributed by atoms with Crippen molar-refractivity contribution in [2.24, 2.45) is 0 Å². The first-order valence-electron chi connectivity index (χ1n) is 21.7. The van der Waals surface area contributed by atoms with Crippen molar-refractivity contribution in [2.45, 2.75) is 0 Å². The molecule has 3 aromatic heterocycles. The molecule has 0 aliphatic rings. The molecular formula is C60H38N2OS. The van der Waals surface area contributed by atoms with Crippen molar-refractivity contribution in [3.8, 4) is 39.1 Å². The summed E-state index contributed by atoms with van der Waals surface area (Å²) < 4.78 is 11.4. The molecule has 0 atom stereocenters. The Labute approximate surface area is 373 Å². The van der Waals surface area contributed by atoms with Crippen molar-refractivity contribution in [1.29, 1.82) is 0 Å². The van der Waals surface area contributed by atoms with Gasteiger partial charge in [-0.2, -0.15) is 0 Å². The minimum Gasteiger partial charge on any atom is -0.455 e. The molecule has 0 amide bonds. The predicted molar refractivity (Wildman–Crippen MR) is 272 cm³/mol. The summed E-state index contributed by atoms with van der Waals surface area (Å²) in [6, 6.07) is 83.4. The van der Waals surface area contributed by atoms with Crippen LogP contribution in [0.15, 0.2) is 235 Å². The topological polar surface area (TPSA) is 21.3 Å². The Balaban J connectivity index is 0.914. The number of thiophene rings is 1. The summed E-state index contributed by atoms with van der Waals surface area (Å²) in [7, 11) is 0. The first kappa shape index (κ1) is 36.5. The van der Waals surface area contributed by atoms with E-state index in [9.17, 15) is 0 Å². The van der Waals surface area contributed by atoms with Gasteiger partial charge in [-0.15, -0.1) is 11.3 Å². The van der Waals surface area contributed by atoms with E-state index < -0.39 is 0 Å². The number of rotatable bonds is 7. The van der Waals surface area contributed by atoms with Gasteiger partial charge in [-0.1, -0.05) is 140 Å². The van der Waals surface area contributed by atoms with Crippen molar-refractivity contribution in [2.75, 3.05) is 4.90 Å². The largest absolute Gasteiger partial charge is 0.455 e. The maximum atomic E-state index is 6.46. The van der Waals surface area contributed by atoms with Gasteiger partial charge in [0.1, 0.15) is 11.2 Å². The molecule has 4 heteroatoms. The SMILES string of the molecule is c1ccc(-n2c3ccccc3c3cc(-c4ccc(N(c5ccc(-c6cccc7c6oc6ccccc67)cc5)c5cccc(-c6ccc7sc8ccccc8c7c6)c5)cc4)ccc32)cc1. The molecule has 0 fully saturated rings. The second-order valence-electron chi connectivity index (χ2n) is 16.5. The Morgan fingerprint density at radius 1 is 0.344 bits per heavy atom. The number of para-hydroxylation sites is 4. The lowest BCUT2D eigenvalue weighted by atomic mass is 10.00. The normalized spacial score (nSPS) is 11.8. The lowest BCUT2D eigenvalue weighted by Crippen LogP contribution is -2.10. The summed E-state index contributed by atoms with van der Waals surface area (Å²) in [6.45, 7) is 0. The first-order valence-corrected chi connectivity index (χ1v) is 22.6. The second kappa shape index (κ2) is 14.7. The van der Waals surface area contributed by atoms with Gasteiger partial charge in [0.2, 0.25) is 0 Å². The molecule has 0 aliphatic carbocycles. The van der Waals surface area contributed by atoms with E-state index in [0.717, 1.165) is 55.8 Å². The van der Waals surface area contributed by atoms with Crippen LogP contribution in [0.4, 0.5) is 17.1 Å². The summed E-state index contributed by atoms with van der Waals surface area (Å²) in [5.41, 5.74) is 15.5. The van der Waals surface area contributed by atoms with Gasteiger partial charge in [0.25, 0.3) is 0 Å². The summed E-state index contributed by atoms with van der Waals surface area (Å²) >= 11 is 1.85. The quantitative estimate of drug-likeness (QED) is 0.159. The van der Waals surface area contributed by atoms with E-state index >= 15 is 0 Å². The van der Waals surface area contributed by atoms with Crippen LogP contribution >= 0.6 is 11.3 Å². The first-order chi connectivity index (χ1) is 31.7. The summed E-state index contributed by atoms with van der Waals surface area (Å²) in [5, 5.41) is 7.36. The van der Waals surface area contributed by atoms with Gasteiger partial charge in [-0.3, -0.25) is 0 Å². The fraction of sp³-hybridized carbons (Fsp3) is 0. The van der Waals surface area contributed by atoms with Gasteiger partial charge in [0, 0.05) is 70.0 Å². The van der Waals surface area contributed by atoms with E-state index in [2.05, 4.69) is 228 Å². The number of hydrogen-bond acceptors (Lipinski definition) is 3. The lowest BCUT2D eigenvalue weighted by molar-refractivity contribution is 0.670. The maximum Gasteiger partial charge on any atom is 0.143 e. The zero-order valence-electron chi connectivity index (χ0n) is 34.7. The van der Waals surface area contributed by atoms with E-state index in [1.54, 1.807) is 0 Å². The Bertz CT molecular complexity index is 3890. The van der Waals surface area contributed by atoms with Crippen molar-refractivity contribution < 1.29 is 4.42 Å². The van der Waals surface area contributed by atoms with Gasteiger partial charge in [-0.05, 0) is 119 Å². The number of benzene rings is 10. The third-order valence-corrected chi connectivity index (χ3v) is 14.0. The van der Waals surface area contributed by atoms with Crippen molar-refractivity contribution in [3.05, 3.63) is 231 Å². The molecule has 13 aromatic rings. The average molecular weight is 835 g/mol. The van der Waals surface area contributed by atoms with Crippen LogP contribution in [0.5, 0.6) is 0 Å². The van der Waals surface area contributed by atoms with Crippen LogP contribution < -0.4 is 4.90 Å². The average Bonchev–Trinajstić information content (AvgIpc) is 4.04. The fourth-order valence-corrected chi connectivity index (χ4v) is 10.8. The van der Waals surface area contributed by atoms with Gasteiger partial charge < -0.3 is 13.9 Å². The standard InChI is InChI=1S/C60H38N2OS/c1-2-13-44(14-3-1)62-55-21-7-4-16-49(55)53-37-42(28-34-56(53)62)39-24-30-45(31-25-39)61(46-32-26-40(27-33-46)48-19-11-20-52-50-17-5-8-22-57(50)63-60(48)52)47-15-10-12-41(36-47)43-29-35-59-54(38-43)51-18-6-9-23-58(51)64-59/h1-38H. The van der Waals surface area contributed by atoms with Gasteiger partial charge >= 0.3 is 0 Å². The molecule has 0 bridgehead atoms. The van der Waals surface area contributed by atoms with Crippen molar-refractivity contribution in [3.63, 3.8) is 0 Å². The monoisotopic (exact) mass is 834 g/mol. The highest BCUT2D eigenvalue weighted by molar-refractivity contribution is 7.25.